The van der Waals surface area contributed by atoms with E-state index in [0.717, 1.165) is 44.2 Å². The predicted octanol–water partition coefficient (Wildman–Crippen LogP) is 4.37. The zero-order valence-electron chi connectivity index (χ0n) is 20.4. The second kappa shape index (κ2) is 9.55. The lowest BCUT2D eigenvalue weighted by atomic mass is 10.1. The van der Waals surface area contributed by atoms with Crippen LogP contribution in [0.4, 0.5) is 0 Å². The summed E-state index contributed by atoms with van der Waals surface area (Å²) in [4.78, 5) is 20.0. The Bertz CT molecular complexity index is 1390. The Balaban J connectivity index is 1.35. The first-order valence-electron chi connectivity index (χ1n) is 12.2. The highest BCUT2D eigenvalue weighted by Gasteiger charge is 2.27. The number of carbonyl (C=O) groups is 1. The standard InChI is InChI=1S/C27H28N4O4S/c1-17-11-18(2)31(29-17)15-25(32)30-8-10-34-26-20(14-30)12-19(13-23(26)35-21-7-9-33-16-21)27-28-22-5-3-4-6-24(22)36-27/h3-6,11-13,21H,7-10,14-16H2,1-2H3. The van der Waals surface area contributed by atoms with Crippen LogP contribution in [-0.2, 0) is 22.6 Å². The largest absolute Gasteiger partial charge is 0.487 e. The Labute approximate surface area is 213 Å². The highest BCUT2D eigenvalue weighted by atomic mass is 32.1. The van der Waals surface area contributed by atoms with E-state index in [1.54, 1.807) is 16.0 Å². The third-order valence-corrected chi connectivity index (χ3v) is 7.65. The summed E-state index contributed by atoms with van der Waals surface area (Å²) in [6.07, 6.45) is 0.822. The molecule has 186 valence electrons. The van der Waals surface area contributed by atoms with Crippen molar-refractivity contribution >= 4 is 27.5 Å². The van der Waals surface area contributed by atoms with E-state index >= 15 is 0 Å². The molecule has 1 amide bonds. The summed E-state index contributed by atoms with van der Waals surface area (Å²) < 4.78 is 21.0. The van der Waals surface area contributed by atoms with Crippen molar-refractivity contribution in [1.29, 1.82) is 0 Å². The minimum Gasteiger partial charge on any atom is -0.487 e. The van der Waals surface area contributed by atoms with E-state index in [4.69, 9.17) is 19.2 Å². The van der Waals surface area contributed by atoms with E-state index in [-0.39, 0.29) is 18.6 Å². The molecule has 2 aromatic heterocycles. The lowest BCUT2D eigenvalue weighted by molar-refractivity contribution is -0.132. The number of hydrogen-bond donors (Lipinski definition) is 0. The molecule has 1 fully saturated rings. The Morgan fingerprint density at radius 2 is 2.08 bits per heavy atom. The molecule has 0 radical (unpaired) electrons. The van der Waals surface area contributed by atoms with Crippen molar-refractivity contribution in [3.63, 3.8) is 0 Å². The van der Waals surface area contributed by atoms with E-state index in [1.807, 2.05) is 49.1 Å². The molecule has 2 aliphatic heterocycles. The number of ether oxygens (including phenoxy) is 3. The SMILES string of the molecule is Cc1cc(C)n(CC(=O)N2CCOc3c(cc(-c4nc5ccccc5s4)cc3OC3CCOC3)C2)n1. The zero-order chi connectivity index (χ0) is 24.6. The number of nitrogens with zero attached hydrogens (tertiary/aromatic N) is 4. The number of hydrogen-bond acceptors (Lipinski definition) is 7. The summed E-state index contributed by atoms with van der Waals surface area (Å²) in [5.41, 5.74) is 4.72. The molecule has 0 spiro atoms. The number of para-hydroxylation sites is 1. The zero-order valence-corrected chi connectivity index (χ0v) is 21.2. The number of carbonyl (C=O) groups excluding carboxylic acids is 1. The van der Waals surface area contributed by atoms with Crippen LogP contribution in [0.25, 0.3) is 20.8 Å². The van der Waals surface area contributed by atoms with Gasteiger partial charge in [0.15, 0.2) is 11.5 Å². The molecule has 1 atom stereocenters. The predicted molar refractivity (Wildman–Crippen MR) is 138 cm³/mol. The van der Waals surface area contributed by atoms with Crippen molar-refractivity contribution in [2.45, 2.75) is 39.5 Å². The summed E-state index contributed by atoms with van der Waals surface area (Å²) in [6, 6.07) is 14.2. The van der Waals surface area contributed by atoms with Gasteiger partial charge in [-0.15, -0.1) is 11.3 Å². The monoisotopic (exact) mass is 504 g/mol. The molecule has 1 saturated heterocycles. The lowest BCUT2D eigenvalue weighted by Gasteiger charge is -2.21. The fourth-order valence-electron chi connectivity index (χ4n) is 4.75. The van der Waals surface area contributed by atoms with Crippen molar-refractivity contribution < 1.29 is 19.0 Å². The smallest absolute Gasteiger partial charge is 0.244 e. The molecule has 36 heavy (non-hydrogen) atoms. The van der Waals surface area contributed by atoms with Gasteiger partial charge in [0.1, 0.15) is 24.3 Å². The van der Waals surface area contributed by atoms with E-state index in [2.05, 4.69) is 17.2 Å². The van der Waals surface area contributed by atoms with Gasteiger partial charge in [0, 0.05) is 29.8 Å². The molecule has 4 aromatic rings. The van der Waals surface area contributed by atoms with Crippen molar-refractivity contribution in [2.75, 3.05) is 26.4 Å². The maximum atomic E-state index is 13.3. The molecule has 2 aromatic carbocycles. The number of rotatable bonds is 5. The third-order valence-electron chi connectivity index (χ3n) is 6.56. The van der Waals surface area contributed by atoms with Crippen molar-refractivity contribution in [3.05, 3.63) is 59.4 Å². The minimum absolute atomic E-state index is 0.00898. The van der Waals surface area contributed by atoms with Crippen LogP contribution in [0.2, 0.25) is 0 Å². The summed E-state index contributed by atoms with van der Waals surface area (Å²) in [5, 5.41) is 5.37. The molecule has 4 heterocycles. The number of benzene rings is 2. The van der Waals surface area contributed by atoms with Gasteiger partial charge in [0.2, 0.25) is 5.91 Å². The number of amides is 1. The number of aryl methyl sites for hydroxylation is 2. The Morgan fingerprint density at radius 3 is 2.86 bits per heavy atom. The maximum Gasteiger partial charge on any atom is 0.244 e. The summed E-state index contributed by atoms with van der Waals surface area (Å²) >= 11 is 1.65. The molecular weight excluding hydrogens is 476 g/mol. The van der Waals surface area contributed by atoms with Gasteiger partial charge in [-0.3, -0.25) is 9.48 Å². The Hall–Kier alpha value is -3.43. The summed E-state index contributed by atoms with van der Waals surface area (Å²) in [6.45, 7) is 6.69. The molecule has 8 nitrogen and oxygen atoms in total. The van der Waals surface area contributed by atoms with Gasteiger partial charge >= 0.3 is 0 Å². The first-order valence-corrected chi connectivity index (χ1v) is 13.0. The highest BCUT2D eigenvalue weighted by Crippen LogP contribution is 2.41. The molecule has 0 aliphatic carbocycles. The van der Waals surface area contributed by atoms with Crippen LogP contribution in [0, 0.1) is 13.8 Å². The van der Waals surface area contributed by atoms with Gasteiger partial charge in [-0.05, 0) is 44.2 Å². The first kappa shape index (κ1) is 23.0. The van der Waals surface area contributed by atoms with Crippen LogP contribution in [0.5, 0.6) is 11.5 Å². The van der Waals surface area contributed by atoms with Crippen LogP contribution in [-0.4, -0.2) is 58.0 Å². The average Bonchev–Trinajstić information content (AvgIpc) is 3.56. The Morgan fingerprint density at radius 1 is 1.19 bits per heavy atom. The number of aromatic nitrogens is 3. The average molecular weight is 505 g/mol. The van der Waals surface area contributed by atoms with Gasteiger partial charge in [-0.25, -0.2) is 4.98 Å². The van der Waals surface area contributed by atoms with Crippen LogP contribution >= 0.6 is 11.3 Å². The second-order valence-corrected chi connectivity index (χ2v) is 10.3. The van der Waals surface area contributed by atoms with Gasteiger partial charge in [0.05, 0.1) is 35.7 Å². The normalized spacial score (nSPS) is 17.6. The highest BCUT2D eigenvalue weighted by molar-refractivity contribution is 7.21. The quantitative estimate of drug-likeness (QED) is 0.402. The van der Waals surface area contributed by atoms with Gasteiger partial charge < -0.3 is 19.1 Å². The summed E-state index contributed by atoms with van der Waals surface area (Å²) in [7, 11) is 0. The van der Waals surface area contributed by atoms with Gasteiger partial charge in [-0.1, -0.05) is 12.1 Å². The maximum absolute atomic E-state index is 13.3. The molecule has 1 unspecified atom stereocenters. The van der Waals surface area contributed by atoms with Gasteiger partial charge in [-0.2, -0.15) is 5.10 Å². The first-order chi connectivity index (χ1) is 17.5. The second-order valence-electron chi connectivity index (χ2n) is 9.30. The topological polar surface area (TPSA) is 78.7 Å². The molecule has 0 bridgehead atoms. The fourth-order valence-corrected chi connectivity index (χ4v) is 5.70. The van der Waals surface area contributed by atoms with Crippen LogP contribution in [0.15, 0.2) is 42.5 Å². The van der Waals surface area contributed by atoms with Crippen molar-refractivity contribution in [1.82, 2.24) is 19.7 Å². The molecule has 9 heteroatoms. The number of fused-ring (bicyclic) bond motifs is 2. The van der Waals surface area contributed by atoms with E-state index in [9.17, 15) is 4.79 Å². The minimum atomic E-state index is -0.0182. The summed E-state index contributed by atoms with van der Waals surface area (Å²) in [5.74, 6) is 1.40. The van der Waals surface area contributed by atoms with Crippen LogP contribution in [0.3, 0.4) is 0 Å². The molecule has 2 aliphatic rings. The van der Waals surface area contributed by atoms with Crippen LogP contribution < -0.4 is 9.47 Å². The number of thiazole rings is 1. The van der Waals surface area contributed by atoms with E-state index in [0.29, 0.717) is 44.4 Å². The van der Waals surface area contributed by atoms with Crippen LogP contribution in [0.1, 0.15) is 23.4 Å². The van der Waals surface area contributed by atoms with Crippen molar-refractivity contribution in [2.24, 2.45) is 0 Å². The molecule has 0 N–H and O–H groups in total. The van der Waals surface area contributed by atoms with Crippen molar-refractivity contribution in [3.8, 4) is 22.1 Å². The lowest BCUT2D eigenvalue weighted by Crippen LogP contribution is -2.35. The van der Waals surface area contributed by atoms with E-state index in [1.165, 1.54) is 0 Å². The third kappa shape index (κ3) is 4.56. The fraction of sp³-hybridized carbons (Fsp3) is 0.370. The van der Waals surface area contributed by atoms with Gasteiger partial charge in [0.25, 0.3) is 0 Å². The molecule has 0 saturated carbocycles. The molecule has 6 rings (SSSR count). The Kier molecular flexibility index (Phi) is 6.10. The molecular formula is C27H28N4O4S. The van der Waals surface area contributed by atoms with E-state index < -0.39 is 0 Å².